The minimum Gasteiger partial charge on any atom is -0.510 e. The maximum absolute atomic E-state index is 12.7. The zero-order chi connectivity index (χ0) is 10.9. The van der Waals surface area contributed by atoms with Crippen molar-refractivity contribution >= 4 is 7.32 Å². The van der Waals surface area contributed by atoms with Crippen LogP contribution < -0.4 is 0 Å². The van der Waals surface area contributed by atoms with E-state index in [0.717, 1.165) is 0 Å². The Balaban J connectivity index is 2.90. The van der Waals surface area contributed by atoms with E-state index < -0.39 is 37.1 Å². The average molecular weight is 212 g/mol. The maximum Gasteiger partial charge on any atom is 0.707 e. The predicted molar refractivity (Wildman–Crippen MR) is 38.2 cm³/mol. The normalized spacial score (nSPS) is 20.6. The van der Waals surface area contributed by atoms with Crippen LogP contribution in [0.2, 0.25) is 0 Å². The van der Waals surface area contributed by atoms with E-state index in [9.17, 15) is 17.6 Å². The Morgan fingerprint density at radius 1 is 1.36 bits per heavy atom. The SMILES string of the molecule is OB(O)OC1=CCC(F)(F)C(F)=C1F. The number of rotatable bonds is 2. The van der Waals surface area contributed by atoms with Crippen molar-refractivity contribution in [3.8, 4) is 0 Å². The van der Waals surface area contributed by atoms with Crippen LogP contribution in [0.1, 0.15) is 6.42 Å². The molecule has 2 N–H and O–H groups in total. The number of hydrogen-bond acceptors (Lipinski definition) is 3. The zero-order valence-corrected chi connectivity index (χ0v) is 6.68. The Hall–Kier alpha value is -1.02. The molecule has 0 aromatic carbocycles. The molecule has 0 fully saturated rings. The predicted octanol–water partition coefficient (Wildman–Crippen LogP) is 1.05. The molecule has 0 saturated carbocycles. The van der Waals surface area contributed by atoms with Gasteiger partial charge in [0, 0.05) is 6.42 Å². The van der Waals surface area contributed by atoms with E-state index in [4.69, 9.17) is 10.0 Å². The van der Waals surface area contributed by atoms with Crippen molar-refractivity contribution in [1.82, 2.24) is 0 Å². The summed E-state index contributed by atoms with van der Waals surface area (Å²) in [5, 5.41) is 16.5. The summed E-state index contributed by atoms with van der Waals surface area (Å²) < 4.78 is 54.1. The second kappa shape index (κ2) is 3.62. The van der Waals surface area contributed by atoms with Gasteiger partial charge in [-0.15, -0.1) is 0 Å². The lowest BCUT2D eigenvalue weighted by Gasteiger charge is -2.19. The van der Waals surface area contributed by atoms with Crippen LogP contribution in [-0.2, 0) is 4.65 Å². The molecule has 0 aromatic rings. The summed E-state index contributed by atoms with van der Waals surface area (Å²) >= 11 is 0. The summed E-state index contributed by atoms with van der Waals surface area (Å²) in [4.78, 5) is 0. The van der Waals surface area contributed by atoms with Gasteiger partial charge in [-0.25, -0.2) is 4.39 Å². The lowest BCUT2D eigenvalue weighted by molar-refractivity contribution is 0.0124. The summed E-state index contributed by atoms with van der Waals surface area (Å²) in [6.45, 7) is 0. The third kappa shape index (κ3) is 2.07. The lowest BCUT2D eigenvalue weighted by Crippen LogP contribution is -2.24. The van der Waals surface area contributed by atoms with Crippen LogP contribution in [-0.4, -0.2) is 23.3 Å². The summed E-state index contributed by atoms with van der Waals surface area (Å²) in [5.74, 6) is -9.04. The van der Waals surface area contributed by atoms with E-state index in [1.807, 2.05) is 0 Å². The second-order valence-electron chi connectivity index (χ2n) is 2.55. The molecule has 1 aliphatic rings. The number of hydrogen-bond donors (Lipinski definition) is 2. The molecule has 0 atom stereocenters. The van der Waals surface area contributed by atoms with Crippen molar-refractivity contribution in [2.75, 3.05) is 0 Å². The summed E-state index contributed by atoms with van der Waals surface area (Å²) in [5.41, 5.74) is 0. The first kappa shape index (κ1) is 11.1. The number of alkyl halides is 2. The van der Waals surface area contributed by atoms with Gasteiger partial charge in [0.25, 0.3) is 0 Å². The Morgan fingerprint density at radius 3 is 2.43 bits per heavy atom. The van der Waals surface area contributed by atoms with Crippen molar-refractivity contribution in [1.29, 1.82) is 0 Å². The maximum atomic E-state index is 12.7. The third-order valence-corrected chi connectivity index (χ3v) is 1.51. The zero-order valence-electron chi connectivity index (χ0n) is 6.68. The minimum absolute atomic E-state index is 0.540. The molecule has 0 unspecified atom stereocenters. The van der Waals surface area contributed by atoms with Gasteiger partial charge in [0.05, 0.1) is 0 Å². The van der Waals surface area contributed by atoms with Crippen LogP contribution in [0, 0.1) is 0 Å². The summed E-state index contributed by atoms with van der Waals surface area (Å²) in [6, 6.07) is 0. The van der Waals surface area contributed by atoms with Gasteiger partial charge in [-0.1, -0.05) is 0 Å². The smallest absolute Gasteiger partial charge is 0.510 e. The Kier molecular flexibility index (Phi) is 2.86. The van der Waals surface area contributed by atoms with Gasteiger partial charge in [0.2, 0.25) is 11.7 Å². The fourth-order valence-electron chi connectivity index (χ4n) is 0.882. The molecule has 3 nitrogen and oxygen atoms in total. The first-order valence-electron chi connectivity index (χ1n) is 3.51. The van der Waals surface area contributed by atoms with Crippen LogP contribution in [0.5, 0.6) is 0 Å². The quantitative estimate of drug-likeness (QED) is 0.531. The minimum atomic E-state index is -3.91. The van der Waals surface area contributed by atoms with Crippen molar-refractivity contribution < 1.29 is 32.3 Å². The molecule has 0 radical (unpaired) electrons. The van der Waals surface area contributed by atoms with Crippen molar-refractivity contribution in [3.05, 3.63) is 23.5 Å². The van der Waals surface area contributed by atoms with Gasteiger partial charge in [0.15, 0.2) is 0 Å². The summed E-state index contributed by atoms with van der Waals surface area (Å²) in [7, 11) is -2.38. The van der Waals surface area contributed by atoms with Gasteiger partial charge < -0.3 is 14.7 Å². The Bertz CT molecular complexity index is 299. The highest BCUT2D eigenvalue weighted by molar-refractivity contribution is 6.33. The average Bonchev–Trinajstić information content (AvgIpc) is 2.07. The van der Waals surface area contributed by atoms with Crippen molar-refractivity contribution in [2.45, 2.75) is 12.3 Å². The first-order valence-corrected chi connectivity index (χ1v) is 3.51. The molecule has 0 saturated heterocycles. The molecule has 78 valence electrons. The lowest BCUT2D eigenvalue weighted by atomic mass is 10.1. The standard InChI is InChI=1S/C6H5BF4O3/c8-4-3(14-7(12)13)1-2-6(10,11)5(4)9/h1,12-13H,2H2. The molecule has 1 rings (SSSR count). The van der Waals surface area contributed by atoms with Gasteiger partial charge in [-0.2, -0.15) is 13.2 Å². The second-order valence-corrected chi connectivity index (χ2v) is 2.55. The van der Waals surface area contributed by atoms with E-state index in [-0.39, 0.29) is 0 Å². The molecule has 0 bridgehead atoms. The highest BCUT2D eigenvalue weighted by atomic mass is 19.3. The van der Waals surface area contributed by atoms with Gasteiger partial charge in [-0.3, -0.25) is 0 Å². The molecule has 8 heteroatoms. The van der Waals surface area contributed by atoms with Crippen LogP contribution in [0.25, 0.3) is 0 Å². The molecule has 0 aliphatic heterocycles. The molecular weight excluding hydrogens is 207 g/mol. The van der Waals surface area contributed by atoms with E-state index >= 15 is 0 Å². The Morgan fingerprint density at radius 2 is 1.93 bits per heavy atom. The highest BCUT2D eigenvalue weighted by Crippen LogP contribution is 2.39. The van der Waals surface area contributed by atoms with Gasteiger partial charge >= 0.3 is 13.2 Å². The fourth-order valence-corrected chi connectivity index (χ4v) is 0.882. The summed E-state index contributed by atoms with van der Waals surface area (Å²) in [6.07, 6.45) is -0.549. The van der Waals surface area contributed by atoms with Crippen LogP contribution in [0.4, 0.5) is 17.6 Å². The fraction of sp³-hybridized carbons (Fsp3) is 0.333. The molecule has 14 heavy (non-hydrogen) atoms. The van der Waals surface area contributed by atoms with E-state index in [1.54, 1.807) is 0 Å². The van der Waals surface area contributed by atoms with Gasteiger partial charge in [0.1, 0.15) is 5.76 Å². The third-order valence-electron chi connectivity index (χ3n) is 1.51. The van der Waals surface area contributed by atoms with Crippen molar-refractivity contribution in [2.24, 2.45) is 0 Å². The molecular formula is C6H5BF4O3. The molecule has 1 aliphatic carbocycles. The molecule has 0 amide bonds. The van der Waals surface area contributed by atoms with E-state index in [0.29, 0.717) is 6.08 Å². The van der Waals surface area contributed by atoms with Crippen molar-refractivity contribution in [3.63, 3.8) is 0 Å². The van der Waals surface area contributed by atoms with Gasteiger partial charge in [-0.05, 0) is 6.08 Å². The highest BCUT2D eigenvalue weighted by Gasteiger charge is 2.42. The largest absolute Gasteiger partial charge is 0.707 e. The Labute approximate surface area is 76.5 Å². The monoisotopic (exact) mass is 212 g/mol. The molecule has 0 spiro atoms. The van der Waals surface area contributed by atoms with E-state index in [1.165, 1.54) is 0 Å². The number of halogens is 4. The topological polar surface area (TPSA) is 49.7 Å². The molecule has 0 aromatic heterocycles. The number of allylic oxidation sites excluding steroid dienone is 3. The van der Waals surface area contributed by atoms with Crippen LogP contribution >= 0.6 is 0 Å². The van der Waals surface area contributed by atoms with Crippen LogP contribution in [0.15, 0.2) is 23.5 Å². The van der Waals surface area contributed by atoms with Crippen LogP contribution in [0.3, 0.4) is 0 Å². The first-order chi connectivity index (χ1) is 6.34. The van der Waals surface area contributed by atoms with E-state index in [2.05, 4.69) is 4.65 Å². The molecule has 0 heterocycles.